The van der Waals surface area contributed by atoms with Crippen LogP contribution in [-0.4, -0.2) is 12.0 Å². The highest BCUT2D eigenvalue weighted by atomic mass is 16.5. The van der Waals surface area contributed by atoms with Crippen LogP contribution in [-0.2, 0) is 4.79 Å². The predicted molar refractivity (Wildman–Crippen MR) is 76.3 cm³/mol. The molecule has 102 valence electrons. The maximum atomic E-state index is 11.0. The molecule has 2 aromatic carbocycles. The van der Waals surface area contributed by atoms with Crippen molar-refractivity contribution in [1.29, 1.82) is 0 Å². The van der Waals surface area contributed by atoms with Gasteiger partial charge in [0.25, 0.3) is 5.91 Å². The van der Waals surface area contributed by atoms with Gasteiger partial charge in [-0.2, -0.15) is 5.11 Å². The van der Waals surface area contributed by atoms with Gasteiger partial charge in [-0.3, -0.25) is 4.79 Å². The van der Waals surface area contributed by atoms with E-state index in [0.717, 1.165) is 5.69 Å². The van der Waals surface area contributed by atoms with E-state index < -0.39 is 12.0 Å². The third-order valence-electron chi connectivity index (χ3n) is 2.60. The van der Waals surface area contributed by atoms with Gasteiger partial charge in [0.1, 0.15) is 11.4 Å². The molecule has 0 aliphatic rings. The number of hydrogen-bond donors (Lipinski definition) is 1. The van der Waals surface area contributed by atoms with Crippen molar-refractivity contribution in [3.8, 4) is 5.75 Å². The minimum atomic E-state index is -0.719. The fourth-order valence-electron chi connectivity index (χ4n) is 1.49. The number of rotatable bonds is 5. The molecule has 2 N–H and O–H groups in total. The van der Waals surface area contributed by atoms with Crippen molar-refractivity contribution >= 4 is 17.3 Å². The third-order valence-corrected chi connectivity index (χ3v) is 2.60. The smallest absolute Gasteiger partial charge is 0.258 e. The molecule has 20 heavy (non-hydrogen) atoms. The standard InChI is InChI=1S/C15H15N3O2/c1-11(15(16)19)20-14-10-6-5-9-13(14)18-17-12-7-3-2-4-8-12/h2-11H,1H3,(H2,16,19). The lowest BCUT2D eigenvalue weighted by Gasteiger charge is -2.12. The minimum absolute atomic E-state index is 0.471. The number of ether oxygens (including phenoxy) is 1. The molecule has 1 unspecified atom stereocenters. The van der Waals surface area contributed by atoms with Crippen LogP contribution in [0.15, 0.2) is 64.8 Å². The van der Waals surface area contributed by atoms with Gasteiger partial charge >= 0.3 is 0 Å². The molecule has 5 nitrogen and oxygen atoms in total. The first kappa shape index (κ1) is 13.7. The Hall–Kier alpha value is -2.69. The molecule has 1 atom stereocenters. The molecular weight excluding hydrogens is 254 g/mol. The lowest BCUT2D eigenvalue weighted by atomic mass is 10.3. The molecule has 2 aromatic rings. The average Bonchev–Trinajstić information content (AvgIpc) is 2.47. The Morgan fingerprint density at radius 2 is 1.70 bits per heavy atom. The number of azo groups is 1. The summed E-state index contributed by atoms with van der Waals surface area (Å²) in [5.41, 5.74) is 6.47. The molecular formula is C15H15N3O2. The van der Waals surface area contributed by atoms with Gasteiger partial charge in [0.15, 0.2) is 6.10 Å². The number of nitrogens with zero attached hydrogens (tertiary/aromatic N) is 2. The number of amides is 1. The van der Waals surface area contributed by atoms with Gasteiger partial charge < -0.3 is 10.5 Å². The monoisotopic (exact) mass is 269 g/mol. The van der Waals surface area contributed by atoms with E-state index in [4.69, 9.17) is 10.5 Å². The topological polar surface area (TPSA) is 77.0 Å². The van der Waals surface area contributed by atoms with Crippen molar-refractivity contribution in [3.63, 3.8) is 0 Å². The number of carbonyl (C=O) groups excluding carboxylic acids is 1. The molecule has 1 amide bonds. The summed E-state index contributed by atoms with van der Waals surface area (Å²) in [7, 11) is 0. The van der Waals surface area contributed by atoms with E-state index in [1.54, 1.807) is 25.1 Å². The molecule has 2 rings (SSSR count). The summed E-state index contributed by atoms with van der Waals surface area (Å²) < 4.78 is 5.47. The summed E-state index contributed by atoms with van der Waals surface area (Å²) in [6.07, 6.45) is -0.719. The van der Waals surface area contributed by atoms with Gasteiger partial charge in [0, 0.05) is 0 Å². The van der Waals surface area contributed by atoms with Crippen molar-refractivity contribution in [1.82, 2.24) is 0 Å². The van der Waals surface area contributed by atoms with E-state index in [2.05, 4.69) is 10.2 Å². The normalized spacial score (nSPS) is 12.2. The quantitative estimate of drug-likeness (QED) is 0.845. The number of hydrogen-bond acceptors (Lipinski definition) is 4. The second-order valence-corrected chi connectivity index (χ2v) is 4.17. The number of carbonyl (C=O) groups is 1. The molecule has 0 bridgehead atoms. The van der Waals surface area contributed by atoms with Crippen LogP contribution >= 0.6 is 0 Å². The molecule has 0 saturated carbocycles. The summed E-state index contributed by atoms with van der Waals surface area (Å²) >= 11 is 0. The van der Waals surface area contributed by atoms with Gasteiger partial charge in [0.05, 0.1) is 5.69 Å². The van der Waals surface area contributed by atoms with E-state index in [0.29, 0.717) is 11.4 Å². The second kappa shape index (κ2) is 6.47. The average molecular weight is 269 g/mol. The Kier molecular flexibility index (Phi) is 4.44. The Bertz CT molecular complexity index is 612. The Morgan fingerprint density at radius 3 is 2.40 bits per heavy atom. The molecule has 0 aliphatic heterocycles. The number of nitrogens with two attached hydrogens (primary N) is 1. The fourth-order valence-corrected chi connectivity index (χ4v) is 1.49. The van der Waals surface area contributed by atoms with Gasteiger partial charge in [-0.05, 0) is 31.2 Å². The van der Waals surface area contributed by atoms with Crippen LogP contribution in [0.25, 0.3) is 0 Å². The summed E-state index contributed by atoms with van der Waals surface area (Å²) in [6, 6.07) is 16.5. The van der Waals surface area contributed by atoms with Crippen molar-refractivity contribution in [2.75, 3.05) is 0 Å². The zero-order chi connectivity index (χ0) is 14.4. The van der Waals surface area contributed by atoms with Crippen LogP contribution in [0.4, 0.5) is 11.4 Å². The molecule has 0 radical (unpaired) electrons. The molecule has 0 saturated heterocycles. The van der Waals surface area contributed by atoms with Crippen molar-refractivity contribution in [2.45, 2.75) is 13.0 Å². The van der Waals surface area contributed by atoms with E-state index in [9.17, 15) is 4.79 Å². The van der Waals surface area contributed by atoms with Crippen LogP contribution < -0.4 is 10.5 Å². The third kappa shape index (κ3) is 3.65. The maximum Gasteiger partial charge on any atom is 0.258 e. The van der Waals surface area contributed by atoms with Crippen LogP contribution in [0.1, 0.15) is 6.92 Å². The first-order valence-corrected chi connectivity index (χ1v) is 6.18. The van der Waals surface area contributed by atoms with Gasteiger partial charge in [0.2, 0.25) is 0 Å². The van der Waals surface area contributed by atoms with Gasteiger partial charge in [-0.1, -0.05) is 30.3 Å². The Labute approximate surface area is 117 Å². The summed E-state index contributed by atoms with van der Waals surface area (Å²) in [4.78, 5) is 11.0. The first-order chi connectivity index (χ1) is 9.66. The molecule has 0 fully saturated rings. The van der Waals surface area contributed by atoms with E-state index in [1.165, 1.54) is 0 Å². The van der Waals surface area contributed by atoms with Crippen LogP contribution in [0, 0.1) is 0 Å². The molecule has 0 aromatic heterocycles. The zero-order valence-corrected chi connectivity index (χ0v) is 11.1. The first-order valence-electron chi connectivity index (χ1n) is 6.18. The van der Waals surface area contributed by atoms with Crippen LogP contribution in [0.5, 0.6) is 5.75 Å². The highest BCUT2D eigenvalue weighted by Crippen LogP contribution is 2.29. The minimum Gasteiger partial charge on any atom is -0.479 e. The summed E-state index contributed by atoms with van der Waals surface area (Å²) in [6.45, 7) is 1.59. The lowest BCUT2D eigenvalue weighted by Crippen LogP contribution is -2.30. The molecule has 0 heterocycles. The summed E-state index contributed by atoms with van der Waals surface area (Å²) in [5.74, 6) is -0.0571. The summed E-state index contributed by atoms with van der Waals surface area (Å²) in [5, 5.41) is 8.25. The van der Waals surface area contributed by atoms with Crippen molar-refractivity contribution < 1.29 is 9.53 Å². The van der Waals surface area contributed by atoms with Gasteiger partial charge in [-0.25, -0.2) is 0 Å². The highest BCUT2D eigenvalue weighted by molar-refractivity contribution is 5.79. The maximum absolute atomic E-state index is 11.0. The number of para-hydroxylation sites is 1. The second-order valence-electron chi connectivity index (χ2n) is 4.17. The van der Waals surface area contributed by atoms with Crippen LogP contribution in [0.3, 0.4) is 0 Å². The SMILES string of the molecule is CC(Oc1ccccc1N=Nc1ccccc1)C(N)=O. The lowest BCUT2D eigenvalue weighted by molar-refractivity contribution is -0.123. The zero-order valence-electron chi connectivity index (χ0n) is 11.1. The van der Waals surface area contributed by atoms with Crippen molar-refractivity contribution in [3.05, 3.63) is 54.6 Å². The van der Waals surface area contributed by atoms with E-state index in [-0.39, 0.29) is 0 Å². The molecule has 0 aliphatic carbocycles. The number of primary amides is 1. The van der Waals surface area contributed by atoms with Crippen molar-refractivity contribution in [2.24, 2.45) is 16.0 Å². The largest absolute Gasteiger partial charge is 0.479 e. The predicted octanol–water partition coefficient (Wildman–Crippen LogP) is 3.35. The van der Waals surface area contributed by atoms with Crippen LogP contribution in [0.2, 0.25) is 0 Å². The Morgan fingerprint density at radius 1 is 1.05 bits per heavy atom. The molecule has 0 spiro atoms. The Balaban J connectivity index is 2.20. The molecule has 5 heteroatoms. The number of benzene rings is 2. The highest BCUT2D eigenvalue weighted by Gasteiger charge is 2.12. The van der Waals surface area contributed by atoms with Gasteiger partial charge in [-0.15, -0.1) is 5.11 Å². The van der Waals surface area contributed by atoms with E-state index >= 15 is 0 Å². The van der Waals surface area contributed by atoms with E-state index in [1.807, 2.05) is 36.4 Å². The fraction of sp³-hybridized carbons (Fsp3) is 0.133.